The number of halogens is 3. The first-order chi connectivity index (χ1) is 14.3. The largest absolute Gasteiger partial charge is 0.464 e. The molecule has 0 atom stereocenters. The van der Waals surface area contributed by atoms with Gasteiger partial charge in [-0.1, -0.05) is 41.6 Å². The fraction of sp³-hybridized carbons (Fsp3) is 0.286. The highest BCUT2D eigenvalue weighted by Gasteiger charge is 2.30. The number of esters is 1. The van der Waals surface area contributed by atoms with E-state index in [4.69, 9.17) is 14.3 Å². The van der Waals surface area contributed by atoms with Crippen LogP contribution >= 0.6 is 0 Å². The molecule has 0 saturated carbocycles. The summed E-state index contributed by atoms with van der Waals surface area (Å²) in [5, 5.41) is 3.91. The maximum absolute atomic E-state index is 12.9. The molecule has 0 N–H and O–H groups in total. The van der Waals surface area contributed by atoms with Crippen molar-refractivity contribution in [1.29, 1.82) is 0 Å². The Morgan fingerprint density at radius 1 is 1.07 bits per heavy atom. The van der Waals surface area contributed by atoms with Crippen LogP contribution in [0.1, 0.15) is 29.2 Å². The second-order valence-electron chi connectivity index (χ2n) is 6.10. The minimum absolute atomic E-state index is 0.0323. The average molecular weight is 422 g/mol. The molecule has 2 aromatic rings. The lowest BCUT2D eigenvalue weighted by atomic mass is 10.0. The molecule has 2 rings (SSSR count). The van der Waals surface area contributed by atoms with Gasteiger partial charge in [0.2, 0.25) is 0 Å². The molecule has 0 bridgehead atoms. The number of rotatable bonds is 8. The summed E-state index contributed by atoms with van der Waals surface area (Å²) in [6.07, 6.45) is -4.44. The Bertz CT molecular complexity index is 940. The number of carbonyl (C=O) groups is 1. The zero-order chi connectivity index (χ0) is 22.1. The zero-order valence-electron chi connectivity index (χ0n) is 16.7. The van der Waals surface area contributed by atoms with E-state index in [1.54, 1.807) is 31.2 Å². The van der Waals surface area contributed by atoms with E-state index in [-0.39, 0.29) is 30.3 Å². The lowest BCUT2D eigenvalue weighted by Crippen LogP contribution is -2.20. The van der Waals surface area contributed by atoms with Crippen LogP contribution in [0, 0.1) is 0 Å². The topological polar surface area (TPSA) is 69.5 Å². The van der Waals surface area contributed by atoms with Crippen LogP contribution in [0.5, 0.6) is 0 Å². The highest BCUT2D eigenvalue weighted by atomic mass is 19.4. The molecule has 160 valence electrons. The first-order valence-corrected chi connectivity index (χ1v) is 8.82. The standard InChI is InChI=1S/C21H21F3N2O4/c1-14(15-8-6-9-17(11-15)21(22,23)24)26-30-12-16-7-4-5-10-18(16)19(20(27)29-3)25-13-28-2/h4-11H,12-13H2,1-3H3/b25-19+,26-14+. The number of benzene rings is 2. The Kier molecular flexibility index (Phi) is 8.11. The van der Waals surface area contributed by atoms with Crippen molar-refractivity contribution in [3.8, 4) is 0 Å². The second kappa shape index (κ2) is 10.5. The van der Waals surface area contributed by atoms with E-state index in [1.165, 1.54) is 26.4 Å². The first kappa shape index (κ1) is 23.1. The number of hydrogen-bond donors (Lipinski definition) is 0. The van der Waals surface area contributed by atoms with Crippen LogP contribution in [0.2, 0.25) is 0 Å². The van der Waals surface area contributed by atoms with Crippen molar-refractivity contribution in [3.05, 3.63) is 70.8 Å². The molecule has 30 heavy (non-hydrogen) atoms. The van der Waals surface area contributed by atoms with Crippen LogP contribution in [0.25, 0.3) is 0 Å². The summed E-state index contributed by atoms with van der Waals surface area (Å²) in [6.45, 7) is 1.48. The Morgan fingerprint density at radius 3 is 2.47 bits per heavy atom. The van der Waals surface area contributed by atoms with Gasteiger partial charge >= 0.3 is 12.1 Å². The van der Waals surface area contributed by atoms with Gasteiger partial charge in [-0.15, -0.1) is 0 Å². The fourth-order valence-corrected chi connectivity index (χ4v) is 2.53. The lowest BCUT2D eigenvalue weighted by molar-refractivity contribution is -0.137. The van der Waals surface area contributed by atoms with Gasteiger partial charge in [-0.3, -0.25) is 0 Å². The number of alkyl halides is 3. The lowest BCUT2D eigenvalue weighted by Gasteiger charge is -2.11. The minimum Gasteiger partial charge on any atom is -0.464 e. The van der Waals surface area contributed by atoms with Crippen LogP contribution < -0.4 is 0 Å². The third kappa shape index (κ3) is 6.15. The average Bonchev–Trinajstić information content (AvgIpc) is 2.74. The maximum Gasteiger partial charge on any atom is 0.416 e. The Morgan fingerprint density at radius 2 is 1.80 bits per heavy atom. The van der Waals surface area contributed by atoms with Crippen LogP contribution in [0.4, 0.5) is 13.2 Å². The highest BCUT2D eigenvalue weighted by Crippen LogP contribution is 2.29. The first-order valence-electron chi connectivity index (χ1n) is 8.82. The monoisotopic (exact) mass is 422 g/mol. The molecule has 0 saturated heterocycles. The predicted molar refractivity (Wildman–Crippen MR) is 105 cm³/mol. The molecule has 0 aliphatic carbocycles. The minimum atomic E-state index is -4.44. The molecule has 0 unspecified atom stereocenters. The molecule has 0 amide bonds. The summed E-state index contributed by atoms with van der Waals surface area (Å²) < 4.78 is 48.3. The van der Waals surface area contributed by atoms with Gasteiger partial charge < -0.3 is 14.3 Å². The fourth-order valence-electron chi connectivity index (χ4n) is 2.53. The van der Waals surface area contributed by atoms with Gasteiger partial charge in [0.1, 0.15) is 13.3 Å². The number of hydrogen-bond acceptors (Lipinski definition) is 6. The molecule has 9 heteroatoms. The van der Waals surface area contributed by atoms with Crippen molar-refractivity contribution in [2.75, 3.05) is 21.0 Å². The van der Waals surface area contributed by atoms with E-state index in [0.29, 0.717) is 11.1 Å². The molecule has 0 aliphatic rings. The number of methoxy groups -OCH3 is 2. The smallest absolute Gasteiger partial charge is 0.416 e. The quantitative estimate of drug-likeness (QED) is 0.363. The number of ether oxygens (including phenoxy) is 2. The summed E-state index contributed by atoms with van der Waals surface area (Å²) in [4.78, 5) is 21.5. The van der Waals surface area contributed by atoms with E-state index < -0.39 is 17.7 Å². The van der Waals surface area contributed by atoms with Crippen molar-refractivity contribution in [2.24, 2.45) is 10.1 Å². The molecule has 2 aromatic carbocycles. The van der Waals surface area contributed by atoms with Crippen molar-refractivity contribution in [1.82, 2.24) is 0 Å². The van der Waals surface area contributed by atoms with Crippen LogP contribution in [0.15, 0.2) is 58.7 Å². The van der Waals surface area contributed by atoms with E-state index >= 15 is 0 Å². The van der Waals surface area contributed by atoms with Crippen molar-refractivity contribution in [3.63, 3.8) is 0 Å². The summed E-state index contributed by atoms with van der Waals surface area (Å²) in [7, 11) is 2.69. The normalized spacial score (nSPS) is 12.6. The van der Waals surface area contributed by atoms with Crippen molar-refractivity contribution in [2.45, 2.75) is 19.7 Å². The zero-order valence-corrected chi connectivity index (χ0v) is 16.7. The molecule has 6 nitrogen and oxygen atoms in total. The number of nitrogens with zero attached hydrogens (tertiary/aromatic N) is 2. The van der Waals surface area contributed by atoms with E-state index in [2.05, 4.69) is 10.1 Å². The Hall–Kier alpha value is -3.20. The number of aliphatic imine (C=N–C) groups is 1. The maximum atomic E-state index is 12.9. The van der Waals surface area contributed by atoms with Crippen molar-refractivity contribution < 1.29 is 32.3 Å². The number of carbonyl (C=O) groups excluding carboxylic acids is 1. The van der Waals surface area contributed by atoms with Gasteiger partial charge in [0.05, 0.1) is 18.4 Å². The summed E-state index contributed by atoms with van der Waals surface area (Å²) in [5.41, 5.74) is 0.940. The second-order valence-corrected chi connectivity index (χ2v) is 6.10. The Labute approximate surface area is 172 Å². The third-order valence-corrected chi connectivity index (χ3v) is 4.03. The van der Waals surface area contributed by atoms with Gasteiger partial charge in [-0.2, -0.15) is 13.2 Å². The van der Waals surface area contributed by atoms with Crippen LogP contribution in [0.3, 0.4) is 0 Å². The van der Waals surface area contributed by atoms with Gasteiger partial charge in [0, 0.05) is 18.2 Å². The Balaban J connectivity index is 2.21. The summed E-state index contributed by atoms with van der Waals surface area (Å²) in [6, 6.07) is 11.7. The molecule has 0 fully saturated rings. The SMILES string of the molecule is COC/N=C(/C(=O)OC)c1ccccc1CO/N=C(\C)c1cccc(C(F)(F)F)c1. The van der Waals surface area contributed by atoms with E-state index in [0.717, 1.165) is 12.1 Å². The molecular formula is C21H21F3N2O4. The van der Waals surface area contributed by atoms with Gasteiger partial charge in [0.15, 0.2) is 5.71 Å². The molecular weight excluding hydrogens is 401 g/mol. The molecule has 0 aromatic heterocycles. The van der Waals surface area contributed by atoms with Gasteiger partial charge in [-0.25, -0.2) is 9.79 Å². The summed E-state index contributed by atoms with van der Waals surface area (Å²) in [5.74, 6) is -0.636. The van der Waals surface area contributed by atoms with E-state index in [9.17, 15) is 18.0 Å². The molecule has 0 radical (unpaired) electrons. The molecule has 0 spiro atoms. The molecule has 0 heterocycles. The third-order valence-electron chi connectivity index (χ3n) is 4.03. The summed E-state index contributed by atoms with van der Waals surface area (Å²) >= 11 is 0. The predicted octanol–water partition coefficient (Wildman–Crippen LogP) is 4.21. The number of oxime groups is 1. The highest BCUT2D eigenvalue weighted by molar-refractivity contribution is 6.43. The van der Waals surface area contributed by atoms with Crippen LogP contribution in [-0.2, 0) is 31.9 Å². The van der Waals surface area contributed by atoms with Gasteiger partial charge in [-0.05, 0) is 24.6 Å². The molecule has 0 aliphatic heterocycles. The van der Waals surface area contributed by atoms with Crippen LogP contribution in [-0.4, -0.2) is 38.3 Å². The van der Waals surface area contributed by atoms with Gasteiger partial charge in [0.25, 0.3) is 0 Å². The van der Waals surface area contributed by atoms with E-state index in [1.807, 2.05) is 0 Å². The van der Waals surface area contributed by atoms with Crippen molar-refractivity contribution >= 4 is 17.4 Å².